The van der Waals surface area contributed by atoms with Crippen LogP contribution in [0.3, 0.4) is 0 Å². The van der Waals surface area contributed by atoms with Crippen molar-refractivity contribution in [1.82, 2.24) is 5.32 Å². The lowest BCUT2D eigenvalue weighted by Crippen LogP contribution is -2.41. The Morgan fingerprint density at radius 2 is 2.33 bits per heavy atom. The highest BCUT2D eigenvalue weighted by molar-refractivity contribution is 5.18. The first-order valence-electron chi connectivity index (χ1n) is 4.46. The van der Waals surface area contributed by atoms with Gasteiger partial charge in [0.2, 0.25) is 0 Å². The number of nitriles is 1. The van der Waals surface area contributed by atoms with E-state index in [9.17, 15) is 0 Å². The number of rotatable bonds is 1. The molecule has 2 unspecified atom stereocenters. The van der Waals surface area contributed by atoms with Gasteiger partial charge in [-0.05, 0) is 12.8 Å². The maximum Gasteiger partial charge on any atom is 0.0771 e. The molecule has 0 fully saturated rings. The van der Waals surface area contributed by atoms with Crippen LogP contribution in [0.1, 0.15) is 20.8 Å². The van der Waals surface area contributed by atoms with E-state index in [2.05, 4.69) is 38.2 Å². The summed E-state index contributed by atoms with van der Waals surface area (Å²) < 4.78 is 0. The lowest BCUT2D eigenvalue weighted by Gasteiger charge is -2.28. The summed E-state index contributed by atoms with van der Waals surface area (Å²) in [7, 11) is 0. The topological polar surface area (TPSA) is 35.8 Å². The molecular weight excluding hydrogens is 148 g/mol. The minimum atomic E-state index is 0.0694. The van der Waals surface area contributed by atoms with Crippen LogP contribution >= 0.6 is 0 Å². The van der Waals surface area contributed by atoms with Gasteiger partial charge in [-0.3, -0.25) is 0 Å². The largest absolute Gasteiger partial charge is 0.308 e. The Hall–Kier alpha value is -0.810. The molecule has 0 amide bonds. The minimum absolute atomic E-state index is 0.0694. The van der Waals surface area contributed by atoms with E-state index in [0.29, 0.717) is 12.0 Å². The molecule has 0 aromatic carbocycles. The summed E-state index contributed by atoms with van der Waals surface area (Å²) in [5, 5.41) is 12.1. The van der Waals surface area contributed by atoms with E-state index < -0.39 is 0 Å². The van der Waals surface area contributed by atoms with Crippen LogP contribution < -0.4 is 5.32 Å². The number of hydrogen-bond donors (Lipinski definition) is 1. The molecule has 0 aliphatic carbocycles. The van der Waals surface area contributed by atoms with E-state index >= 15 is 0 Å². The molecule has 0 saturated carbocycles. The molecule has 2 heteroatoms. The van der Waals surface area contributed by atoms with E-state index in [1.807, 2.05) is 0 Å². The predicted molar refractivity (Wildman–Crippen MR) is 49.5 cm³/mol. The van der Waals surface area contributed by atoms with Crippen LogP contribution in [0.25, 0.3) is 0 Å². The second-order valence-corrected chi connectivity index (χ2v) is 3.78. The normalized spacial score (nSPS) is 29.8. The zero-order valence-corrected chi connectivity index (χ0v) is 7.96. The quantitative estimate of drug-likeness (QED) is 0.599. The summed E-state index contributed by atoms with van der Waals surface area (Å²) >= 11 is 0. The molecule has 1 N–H and O–H groups in total. The Morgan fingerprint density at radius 1 is 1.67 bits per heavy atom. The van der Waals surface area contributed by atoms with Gasteiger partial charge in [-0.25, -0.2) is 0 Å². The van der Waals surface area contributed by atoms with Gasteiger partial charge >= 0.3 is 0 Å². The van der Waals surface area contributed by atoms with E-state index in [0.717, 1.165) is 6.54 Å². The Morgan fingerprint density at radius 3 is 2.75 bits per heavy atom. The SMILES string of the molecule is CC1=CC(C#N)CNC1C(C)C. The average Bonchev–Trinajstić information content (AvgIpc) is 2.03. The Balaban J connectivity index is 2.70. The van der Waals surface area contributed by atoms with Crippen molar-refractivity contribution in [2.45, 2.75) is 26.8 Å². The fraction of sp³-hybridized carbons (Fsp3) is 0.700. The van der Waals surface area contributed by atoms with Gasteiger partial charge in [0.05, 0.1) is 12.0 Å². The molecule has 1 rings (SSSR count). The zero-order valence-electron chi connectivity index (χ0n) is 7.96. The Kier molecular flexibility index (Phi) is 2.88. The summed E-state index contributed by atoms with van der Waals surface area (Å²) in [6.45, 7) is 7.29. The van der Waals surface area contributed by atoms with Crippen molar-refractivity contribution in [3.8, 4) is 6.07 Å². The van der Waals surface area contributed by atoms with Gasteiger partial charge in [-0.15, -0.1) is 0 Å². The highest BCUT2D eigenvalue weighted by Gasteiger charge is 2.21. The van der Waals surface area contributed by atoms with Crippen molar-refractivity contribution in [2.75, 3.05) is 6.54 Å². The lowest BCUT2D eigenvalue weighted by molar-refractivity contribution is 0.416. The van der Waals surface area contributed by atoms with Gasteiger partial charge in [-0.1, -0.05) is 25.5 Å². The number of nitrogens with one attached hydrogen (secondary N) is 1. The molecule has 66 valence electrons. The maximum absolute atomic E-state index is 8.70. The Bertz CT molecular complexity index is 222. The zero-order chi connectivity index (χ0) is 9.14. The first-order valence-corrected chi connectivity index (χ1v) is 4.46. The molecule has 0 radical (unpaired) electrons. The van der Waals surface area contributed by atoms with Crippen molar-refractivity contribution >= 4 is 0 Å². The first-order chi connectivity index (χ1) is 5.65. The van der Waals surface area contributed by atoms with Gasteiger partial charge in [0.1, 0.15) is 0 Å². The summed E-state index contributed by atoms with van der Waals surface area (Å²) in [5.74, 6) is 0.681. The third-order valence-corrected chi connectivity index (χ3v) is 2.34. The molecule has 2 nitrogen and oxygen atoms in total. The maximum atomic E-state index is 8.70. The second-order valence-electron chi connectivity index (χ2n) is 3.78. The number of nitrogens with zero attached hydrogens (tertiary/aromatic N) is 1. The van der Waals surface area contributed by atoms with Crippen LogP contribution in [-0.2, 0) is 0 Å². The smallest absolute Gasteiger partial charge is 0.0771 e. The van der Waals surface area contributed by atoms with Crippen LogP contribution in [0.5, 0.6) is 0 Å². The molecular formula is C10H16N2. The van der Waals surface area contributed by atoms with Crippen molar-refractivity contribution in [3.63, 3.8) is 0 Å². The Labute approximate surface area is 74.3 Å². The molecule has 1 aliphatic heterocycles. The van der Waals surface area contributed by atoms with Crippen LogP contribution in [0.15, 0.2) is 11.6 Å². The minimum Gasteiger partial charge on any atom is -0.308 e. The monoisotopic (exact) mass is 164 g/mol. The van der Waals surface area contributed by atoms with Gasteiger partial charge < -0.3 is 5.32 Å². The van der Waals surface area contributed by atoms with E-state index in [1.54, 1.807) is 0 Å². The van der Waals surface area contributed by atoms with Gasteiger partial charge in [-0.2, -0.15) is 5.26 Å². The van der Waals surface area contributed by atoms with Crippen LogP contribution in [0.4, 0.5) is 0 Å². The van der Waals surface area contributed by atoms with Gasteiger partial charge in [0.25, 0.3) is 0 Å². The standard InChI is InChI=1S/C10H16N2/c1-7(2)10-8(3)4-9(5-11)6-12-10/h4,7,9-10,12H,6H2,1-3H3. The molecule has 2 atom stereocenters. The number of hydrogen-bond acceptors (Lipinski definition) is 2. The predicted octanol–water partition coefficient (Wildman–Crippen LogP) is 1.70. The van der Waals surface area contributed by atoms with Crippen LogP contribution in [0, 0.1) is 23.2 Å². The van der Waals surface area contributed by atoms with E-state index in [1.165, 1.54) is 5.57 Å². The molecule has 1 heterocycles. The molecule has 1 aliphatic rings. The van der Waals surface area contributed by atoms with E-state index in [-0.39, 0.29) is 5.92 Å². The van der Waals surface area contributed by atoms with Crippen molar-refractivity contribution in [2.24, 2.45) is 11.8 Å². The fourth-order valence-corrected chi connectivity index (χ4v) is 1.74. The molecule has 12 heavy (non-hydrogen) atoms. The van der Waals surface area contributed by atoms with Gasteiger partial charge in [0.15, 0.2) is 0 Å². The second kappa shape index (κ2) is 3.73. The highest BCUT2D eigenvalue weighted by atomic mass is 14.9. The summed E-state index contributed by atoms with van der Waals surface area (Å²) in [4.78, 5) is 0. The van der Waals surface area contributed by atoms with Crippen LogP contribution in [-0.4, -0.2) is 12.6 Å². The van der Waals surface area contributed by atoms with Gasteiger partial charge in [0, 0.05) is 12.6 Å². The first kappa shape index (κ1) is 9.28. The van der Waals surface area contributed by atoms with E-state index in [4.69, 9.17) is 5.26 Å². The molecule has 0 bridgehead atoms. The molecule has 0 spiro atoms. The van der Waals surface area contributed by atoms with Crippen molar-refractivity contribution < 1.29 is 0 Å². The summed E-state index contributed by atoms with van der Waals surface area (Å²) in [5.41, 5.74) is 1.31. The average molecular weight is 164 g/mol. The fourth-order valence-electron chi connectivity index (χ4n) is 1.74. The highest BCUT2D eigenvalue weighted by Crippen LogP contribution is 2.18. The third kappa shape index (κ3) is 1.86. The third-order valence-electron chi connectivity index (χ3n) is 2.34. The van der Waals surface area contributed by atoms with Crippen LogP contribution in [0.2, 0.25) is 0 Å². The summed E-state index contributed by atoms with van der Waals surface area (Å²) in [6, 6.07) is 2.72. The molecule has 0 aromatic rings. The van der Waals surface area contributed by atoms with Crippen molar-refractivity contribution in [1.29, 1.82) is 5.26 Å². The summed E-state index contributed by atoms with van der Waals surface area (Å²) in [6.07, 6.45) is 2.08. The molecule has 0 aromatic heterocycles. The molecule has 0 saturated heterocycles. The lowest BCUT2D eigenvalue weighted by atomic mass is 9.90. The van der Waals surface area contributed by atoms with Crippen molar-refractivity contribution in [3.05, 3.63) is 11.6 Å².